The van der Waals surface area contributed by atoms with Gasteiger partial charge in [0.25, 0.3) is 5.56 Å². The molecule has 1 aromatic rings. The van der Waals surface area contributed by atoms with Gasteiger partial charge in [-0.15, -0.1) is 0 Å². The van der Waals surface area contributed by atoms with Crippen molar-refractivity contribution in [2.75, 3.05) is 13.2 Å². The molecule has 0 spiro atoms. The Hall–Kier alpha value is -1.89. The van der Waals surface area contributed by atoms with E-state index in [2.05, 4.69) is 9.97 Å². The summed E-state index contributed by atoms with van der Waals surface area (Å²) in [6, 6.07) is 0. The summed E-state index contributed by atoms with van der Waals surface area (Å²) in [7, 11) is 0. The molecule has 7 nitrogen and oxygen atoms in total. The third kappa shape index (κ3) is 3.31. The molecule has 0 saturated carbocycles. The first kappa shape index (κ1) is 13.5. The Morgan fingerprint density at radius 2 is 2.11 bits per heavy atom. The summed E-state index contributed by atoms with van der Waals surface area (Å²) >= 11 is 0. The van der Waals surface area contributed by atoms with Crippen LogP contribution in [0.25, 0.3) is 0 Å². The number of H-pyrrole nitrogens is 2. The van der Waals surface area contributed by atoms with Gasteiger partial charge in [0.15, 0.2) is 0 Å². The second-order valence-corrected chi connectivity index (χ2v) is 4.55. The number of aromatic nitrogens is 2. The highest BCUT2D eigenvalue weighted by Crippen LogP contribution is 2.09. The first-order valence-electron chi connectivity index (χ1n) is 6.33. The topological polar surface area (TPSA) is 95.3 Å². The lowest BCUT2D eigenvalue weighted by molar-refractivity contribution is -0.197. The summed E-state index contributed by atoms with van der Waals surface area (Å²) in [6.45, 7) is 2.80. The fourth-order valence-electron chi connectivity index (χ4n) is 2.08. The Kier molecular flexibility index (Phi) is 4.16. The molecule has 1 aromatic heterocycles. The Labute approximate surface area is 109 Å². The lowest BCUT2D eigenvalue weighted by Crippen LogP contribution is -2.36. The quantitative estimate of drug-likeness (QED) is 0.796. The molecular weight excluding hydrogens is 250 g/mol. The van der Waals surface area contributed by atoms with Crippen molar-refractivity contribution in [3.8, 4) is 0 Å². The zero-order chi connectivity index (χ0) is 13.8. The Morgan fingerprint density at radius 1 is 1.32 bits per heavy atom. The minimum absolute atomic E-state index is 0.135. The third-order valence-electron chi connectivity index (χ3n) is 3.12. The van der Waals surface area contributed by atoms with E-state index >= 15 is 0 Å². The monoisotopic (exact) mass is 267 g/mol. The van der Waals surface area contributed by atoms with Crippen LogP contribution < -0.4 is 11.2 Å². The molecule has 2 N–H and O–H groups in total. The van der Waals surface area contributed by atoms with Crippen molar-refractivity contribution in [3.05, 3.63) is 32.1 Å². The molecule has 0 atom stereocenters. The van der Waals surface area contributed by atoms with E-state index in [-0.39, 0.29) is 18.7 Å². The Bertz CT molecular complexity index is 569. The molecule has 104 valence electrons. The Morgan fingerprint density at radius 3 is 2.74 bits per heavy atom. The fourth-order valence-corrected chi connectivity index (χ4v) is 2.08. The van der Waals surface area contributed by atoms with E-state index in [0.29, 0.717) is 24.4 Å². The second-order valence-electron chi connectivity index (χ2n) is 4.55. The van der Waals surface area contributed by atoms with Crippen molar-refractivity contribution in [2.24, 2.45) is 0 Å². The summed E-state index contributed by atoms with van der Waals surface area (Å²) in [4.78, 5) is 44.5. The van der Waals surface area contributed by atoms with Crippen LogP contribution in [0.2, 0.25) is 0 Å². The molecule has 0 radical (unpaired) electrons. The van der Waals surface area contributed by atoms with Crippen molar-refractivity contribution in [3.63, 3.8) is 0 Å². The van der Waals surface area contributed by atoms with E-state index in [9.17, 15) is 14.4 Å². The number of carbonyl (C=O) groups excluding carboxylic acids is 1. The van der Waals surface area contributed by atoms with Gasteiger partial charge in [-0.2, -0.15) is 0 Å². The van der Waals surface area contributed by atoms with Crippen LogP contribution in [0.1, 0.15) is 30.5 Å². The van der Waals surface area contributed by atoms with Gasteiger partial charge >= 0.3 is 5.69 Å². The molecule has 1 fully saturated rings. The summed E-state index contributed by atoms with van der Waals surface area (Å²) in [6.07, 6.45) is 2.37. The number of aromatic amines is 2. The SMILES string of the molecule is Cc1[nH]c(=O)[nH]c(=O)c1CCC(=O)N1CCCCO1. The van der Waals surface area contributed by atoms with Crippen molar-refractivity contribution in [2.45, 2.75) is 32.6 Å². The fraction of sp³-hybridized carbons (Fsp3) is 0.583. The van der Waals surface area contributed by atoms with E-state index in [1.807, 2.05) is 0 Å². The average Bonchev–Trinajstić information content (AvgIpc) is 2.38. The van der Waals surface area contributed by atoms with Crippen LogP contribution in [0.4, 0.5) is 0 Å². The minimum Gasteiger partial charge on any atom is -0.311 e. The lowest BCUT2D eigenvalue weighted by atomic mass is 10.1. The summed E-state index contributed by atoms with van der Waals surface area (Å²) < 4.78 is 0. The molecule has 0 aliphatic carbocycles. The van der Waals surface area contributed by atoms with Gasteiger partial charge in [0.2, 0.25) is 5.91 Å². The van der Waals surface area contributed by atoms with Gasteiger partial charge in [0.1, 0.15) is 0 Å². The zero-order valence-electron chi connectivity index (χ0n) is 10.8. The zero-order valence-corrected chi connectivity index (χ0v) is 10.8. The molecule has 2 heterocycles. The number of nitrogens with zero attached hydrogens (tertiary/aromatic N) is 1. The molecule has 19 heavy (non-hydrogen) atoms. The van der Waals surface area contributed by atoms with Gasteiger partial charge in [-0.25, -0.2) is 9.86 Å². The van der Waals surface area contributed by atoms with Crippen LogP contribution in [-0.4, -0.2) is 34.1 Å². The van der Waals surface area contributed by atoms with E-state index in [0.717, 1.165) is 12.8 Å². The molecule has 0 aromatic carbocycles. The highest BCUT2D eigenvalue weighted by Gasteiger charge is 2.18. The predicted octanol–water partition coefficient (Wildman–Crippen LogP) is -0.142. The second kappa shape index (κ2) is 5.83. The van der Waals surface area contributed by atoms with E-state index in [1.54, 1.807) is 6.92 Å². The van der Waals surface area contributed by atoms with Crippen molar-refractivity contribution in [1.29, 1.82) is 0 Å². The van der Waals surface area contributed by atoms with Crippen molar-refractivity contribution in [1.82, 2.24) is 15.0 Å². The first-order chi connectivity index (χ1) is 9.08. The maximum Gasteiger partial charge on any atom is 0.325 e. The van der Waals surface area contributed by atoms with Crippen molar-refractivity contribution < 1.29 is 9.63 Å². The number of nitrogens with one attached hydrogen (secondary N) is 2. The number of aryl methyl sites for hydroxylation is 1. The minimum atomic E-state index is -0.531. The predicted molar refractivity (Wildman–Crippen MR) is 67.6 cm³/mol. The highest BCUT2D eigenvalue weighted by atomic mass is 16.7. The van der Waals surface area contributed by atoms with Crippen LogP contribution in [0.15, 0.2) is 9.59 Å². The van der Waals surface area contributed by atoms with E-state index in [1.165, 1.54) is 5.06 Å². The highest BCUT2D eigenvalue weighted by molar-refractivity contribution is 5.75. The van der Waals surface area contributed by atoms with Crippen LogP contribution in [-0.2, 0) is 16.1 Å². The number of carbonyl (C=O) groups is 1. The average molecular weight is 267 g/mol. The van der Waals surface area contributed by atoms with Gasteiger partial charge in [-0.1, -0.05) is 0 Å². The van der Waals surface area contributed by atoms with Gasteiger partial charge in [-0.05, 0) is 26.2 Å². The van der Waals surface area contributed by atoms with Crippen LogP contribution in [0.5, 0.6) is 0 Å². The van der Waals surface area contributed by atoms with Gasteiger partial charge in [0.05, 0.1) is 6.61 Å². The smallest absolute Gasteiger partial charge is 0.311 e. The van der Waals surface area contributed by atoms with Crippen LogP contribution in [0.3, 0.4) is 0 Å². The van der Waals surface area contributed by atoms with E-state index < -0.39 is 11.2 Å². The largest absolute Gasteiger partial charge is 0.325 e. The molecule has 1 aliphatic heterocycles. The molecule has 1 aliphatic rings. The maximum atomic E-state index is 11.9. The number of hydroxylamine groups is 2. The number of hydrogen-bond acceptors (Lipinski definition) is 4. The lowest BCUT2D eigenvalue weighted by Gasteiger charge is -2.25. The maximum absolute atomic E-state index is 11.9. The number of hydrogen-bond donors (Lipinski definition) is 2. The van der Waals surface area contributed by atoms with E-state index in [4.69, 9.17) is 4.84 Å². The normalized spacial score (nSPS) is 15.5. The summed E-state index contributed by atoms with van der Waals surface area (Å²) in [5.74, 6) is -0.135. The van der Waals surface area contributed by atoms with Gasteiger partial charge in [0, 0.05) is 24.2 Å². The molecular formula is C12H17N3O4. The van der Waals surface area contributed by atoms with Crippen LogP contribution in [0, 0.1) is 6.92 Å². The number of amides is 1. The van der Waals surface area contributed by atoms with Crippen molar-refractivity contribution >= 4 is 5.91 Å². The standard InChI is InChI=1S/C12H17N3O4/c1-8-9(11(17)14-12(18)13-8)4-5-10(16)15-6-2-3-7-19-15/h2-7H2,1H3,(H2,13,14,17,18). The summed E-state index contributed by atoms with van der Waals surface area (Å²) in [5, 5.41) is 1.36. The van der Waals surface area contributed by atoms with Gasteiger partial charge in [-0.3, -0.25) is 19.4 Å². The molecule has 1 amide bonds. The Balaban J connectivity index is 2.00. The molecule has 0 bridgehead atoms. The molecule has 1 saturated heterocycles. The molecule has 7 heteroatoms. The van der Waals surface area contributed by atoms with Crippen LogP contribution >= 0.6 is 0 Å². The molecule has 0 unspecified atom stereocenters. The van der Waals surface area contributed by atoms with Gasteiger partial charge < -0.3 is 4.98 Å². The number of rotatable bonds is 3. The molecule has 2 rings (SSSR count). The first-order valence-corrected chi connectivity index (χ1v) is 6.33. The summed E-state index contributed by atoms with van der Waals surface area (Å²) in [5.41, 5.74) is -0.0309. The third-order valence-corrected chi connectivity index (χ3v) is 3.12.